The van der Waals surface area contributed by atoms with Gasteiger partial charge in [-0.25, -0.2) is 0 Å². The van der Waals surface area contributed by atoms with Crippen molar-refractivity contribution in [3.8, 4) is 6.01 Å². The van der Waals surface area contributed by atoms with Crippen LogP contribution < -0.4 is 10.1 Å². The van der Waals surface area contributed by atoms with Crippen LogP contribution in [0.25, 0.3) is 5.65 Å². The normalized spacial score (nSPS) is 22.1. The van der Waals surface area contributed by atoms with E-state index in [-0.39, 0.29) is 18.6 Å². The van der Waals surface area contributed by atoms with E-state index < -0.39 is 0 Å². The summed E-state index contributed by atoms with van der Waals surface area (Å²) in [6.07, 6.45) is 6.49. The van der Waals surface area contributed by atoms with Crippen LogP contribution in [-0.2, 0) is 4.79 Å². The van der Waals surface area contributed by atoms with Crippen LogP contribution in [0, 0.1) is 5.92 Å². The third kappa shape index (κ3) is 3.15. The van der Waals surface area contributed by atoms with Crippen LogP contribution in [0.15, 0.2) is 24.4 Å². The second kappa shape index (κ2) is 6.11. The Bertz CT molecular complexity index is 625. The number of rotatable bonds is 4. The maximum absolute atomic E-state index is 12.0. The van der Waals surface area contributed by atoms with E-state index in [1.807, 2.05) is 24.4 Å². The van der Waals surface area contributed by atoms with Gasteiger partial charge in [0.05, 0.1) is 0 Å². The molecule has 21 heavy (non-hydrogen) atoms. The molecule has 2 heterocycles. The Morgan fingerprint density at radius 2 is 2.24 bits per heavy atom. The fourth-order valence-corrected chi connectivity index (χ4v) is 2.83. The quantitative estimate of drug-likeness (QED) is 0.931. The van der Waals surface area contributed by atoms with Gasteiger partial charge in [0.25, 0.3) is 5.91 Å². The smallest absolute Gasteiger partial charge is 0.322 e. The summed E-state index contributed by atoms with van der Waals surface area (Å²) < 4.78 is 7.19. The molecule has 1 aliphatic rings. The van der Waals surface area contributed by atoms with Crippen LogP contribution in [0.5, 0.6) is 6.01 Å². The number of pyridine rings is 1. The predicted octanol–water partition coefficient (Wildman–Crippen LogP) is 1.80. The van der Waals surface area contributed by atoms with Crippen molar-refractivity contribution in [3.05, 3.63) is 24.4 Å². The largest absolute Gasteiger partial charge is 0.453 e. The molecule has 1 fully saturated rings. The number of ether oxygens (including phenoxy) is 1. The first kappa shape index (κ1) is 13.9. The van der Waals surface area contributed by atoms with E-state index in [0.717, 1.165) is 6.42 Å². The van der Waals surface area contributed by atoms with Crippen LogP contribution in [-0.4, -0.2) is 33.2 Å². The summed E-state index contributed by atoms with van der Waals surface area (Å²) in [7, 11) is 0. The van der Waals surface area contributed by atoms with Crippen molar-refractivity contribution in [2.45, 2.75) is 38.6 Å². The lowest BCUT2D eigenvalue weighted by atomic mass is 9.86. The Balaban J connectivity index is 1.56. The van der Waals surface area contributed by atoms with Crippen molar-refractivity contribution in [1.29, 1.82) is 0 Å². The van der Waals surface area contributed by atoms with Gasteiger partial charge in [0, 0.05) is 12.2 Å². The molecule has 1 N–H and O–H groups in total. The van der Waals surface area contributed by atoms with Crippen molar-refractivity contribution in [3.63, 3.8) is 0 Å². The lowest BCUT2D eigenvalue weighted by Crippen LogP contribution is -2.43. The number of fused-ring (bicyclic) bond motifs is 1. The molecule has 1 amide bonds. The van der Waals surface area contributed by atoms with Gasteiger partial charge in [-0.05, 0) is 30.9 Å². The Morgan fingerprint density at radius 1 is 1.38 bits per heavy atom. The van der Waals surface area contributed by atoms with Gasteiger partial charge in [-0.2, -0.15) is 0 Å². The number of carbonyl (C=O) groups is 1. The average Bonchev–Trinajstić information content (AvgIpc) is 2.91. The molecule has 1 aliphatic carbocycles. The molecular formula is C15H20N4O2. The second-order valence-electron chi connectivity index (χ2n) is 5.64. The number of hydrogen-bond donors (Lipinski definition) is 1. The van der Waals surface area contributed by atoms with Gasteiger partial charge in [0.2, 0.25) is 0 Å². The highest BCUT2D eigenvalue weighted by molar-refractivity contribution is 5.77. The van der Waals surface area contributed by atoms with Crippen LogP contribution in [0.3, 0.4) is 0 Å². The van der Waals surface area contributed by atoms with Crippen LogP contribution >= 0.6 is 0 Å². The number of amides is 1. The Labute approximate surface area is 123 Å². The molecule has 2 atom stereocenters. The summed E-state index contributed by atoms with van der Waals surface area (Å²) in [6, 6.07) is 6.20. The molecule has 0 aromatic carbocycles. The van der Waals surface area contributed by atoms with E-state index in [9.17, 15) is 4.79 Å². The van der Waals surface area contributed by atoms with Crippen LogP contribution in [0.2, 0.25) is 0 Å². The highest BCUT2D eigenvalue weighted by Gasteiger charge is 2.23. The monoisotopic (exact) mass is 288 g/mol. The van der Waals surface area contributed by atoms with Gasteiger partial charge in [-0.15, -0.1) is 5.10 Å². The standard InChI is InChI=1S/C15H20N4O2/c1-11-6-2-3-7-12(11)16-14(20)10-21-15-18-17-13-8-4-5-9-19(13)15/h4-5,8-9,11-12H,2-3,6-7,10H2,1H3,(H,16,20)/t11-,12+/m1/s1. The van der Waals surface area contributed by atoms with Gasteiger partial charge in [0.1, 0.15) is 0 Å². The highest BCUT2D eigenvalue weighted by atomic mass is 16.5. The Kier molecular flexibility index (Phi) is 4.03. The minimum absolute atomic E-state index is 0.0289. The van der Waals surface area contributed by atoms with Gasteiger partial charge < -0.3 is 10.1 Å². The van der Waals surface area contributed by atoms with Crippen LogP contribution in [0.1, 0.15) is 32.6 Å². The molecule has 0 bridgehead atoms. The summed E-state index contributed by atoms with van der Waals surface area (Å²) in [4.78, 5) is 12.0. The molecule has 0 unspecified atom stereocenters. The third-order valence-electron chi connectivity index (χ3n) is 4.07. The maximum Gasteiger partial charge on any atom is 0.322 e. The fraction of sp³-hybridized carbons (Fsp3) is 0.533. The van der Waals surface area contributed by atoms with Gasteiger partial charge in [-0.1, -0.05) is 30.9 Å². The molecule has 0 saturated heterocycles. The zero-order valence-corrected chi connectivity index (χ0v) is 12.2. The maximum atomic E-state index is 12.0. The predicted molar refractivity (Wildman–Crippen MR) is 78.0 cm³/mol. The molecule has 112 valence electrons. The lowest BCUT2D eigenvalue weighted by molar-refractivity contribution is -0.124. The van der Waals surface area contributed by atoms with E-state index in [4.69, 9.17) is 4.74 Å². The summed E-state index contributed by atoms with van der Waals surface area (Å²) in [5.41, 5.74) is 0.703. The average molecular weight is 288 g/mol. The fourth-order valence-electron chi connectivity index (χ4n) is 2.83. The number of hydrogen-bond acceptors (Lipinski definition) is 4. The second-order valence-corrected chi connectivity index (χ2v) is 5.64. The summed E-state index contributed by atoms with van der Waals surface area (Å²) in [6.45, 7) is 2.16. The molecule has 0 radical (unpaired) electrons. The topological polar surface area (TPSA) is 68.5 Å². The Hall–Kier alpha value is -2.11. The zero-order valence-electron chi connectivity index (χ0n) is 12.2. The van der Waals surface area contributed by atoms with E-state index in [1.54, 1.807) is 4.40 Å². The molecule has 0 spiro atoms. The van der Waals surface area contributed by atoms with Crippen LogP contribution in [0.4, 0.5) is 0 Å². The molecule has 0 aliphatic heterocycles. The first-order chi connectivity index (χ1) is 10.2. The number of nitrogens with zero attached hydrogens (tertiary/aromatic N) is 3. The number of aromatic nitrogens is 3. The van der Waals surface area contributed by atoms with Gasteiger partial charge in [-0.3, -0.25) is 9.20 Å². The highest BCUT2D eigenvalue weighted by Crippen LogP contribution is 2.23. The van der Waals surface area contributed by atoms with Gasteiger partial charge >= 0.3 is 6.01 Å². The van der Waals surface area contributed by atoms with Crippen molar-refractivity contribution < 1.29 is 9.53 Å². The summed E-state index contributed by atoms with van der Waals surface area (Å²) >= 11 is 0. The van der Waals surface area contributed by atoms with Crippen molar-refractivity contribution in [2.24, 2.45) is 5.92 Å². The molecule has 2 aromatic heterocycles. The molecule has 6 nitrogen and oxygen atoms in total. The van der Waals surface area contributed by atoms with E-state index >= 15 is 0 Å². The lowest BCUT2D eigenvalue weighted by Gasteiger charge is -2.29. The first-order valence-electron chi connectivity index (χ1n) is 7.46. The SMILES string of the molecule is C[C@@H]1CCCC[C@@H]1NC(=O)COc1nnc2ccccn12. The minimum atomic E-state index is -0.0959. The Morgan fingerprint density at radius 3 is 3.10 bits per heavy atom. The first-order valence-corrected chi connectivity index (χ1v) is 7.46. The molecule has 6 heteroatoms. The molecule has 1 saturated carbocycles. The molecule has 2 aromatic rings. The van der Waals surface area contributed by atoms with Crippen molar-refractivity contribution in [1.82, 2.24) is 19.9 Å². The van der Waals surface area contributed by atoms with E-state index in [0.29, 0.717) is 17.6 Å². The number of nitrogens with one attached hydrogen (secondary N) is 1. The van der Waals surface area contributed by atoms with E-state index in [1.165, 1.54) is 19.3 Å². The summed E-state index contributed by atoms with van der Waals surface area (Å²) in [5, 5.41) is 11.0. The molecular weight excluding hydrogens is 268 g/mol. The summed E-state index contributed by atoms with van der Waals surface area (Å²) in [5.74, 6) is 0.443. The van der Waals surface area contributed by atoms with Crippen molar-refractivity contribution >= 4 is 11.6 Å². The minimum Gasteiger partial charge on any atom is -0.453 e. The molecule has 3 rings (SSSR count). The van der Waals surface area contributed by atoms with Crippen molar-refractivity contribution in [2.75, 3.05) is 6.61 Å². The third-order valence-corrected chi connectivity index (χ3v) is 4.07. The van der Waals surface area contributed by atoms with E-state index in [2.05, 4.69) is 22.4 Å². The number of carbonyl (C=O) groups excluding carboxylic acids is 1. The zero-order chi connectivity index (χ0) is 14.7. The van der Waals surface area contributed by atoms with Gasteiger partial charge in [0.15, 0.2) is 12.3 Å².